The normalized spacial score (nSPS) is 16.1. The highest BCUT2D eigenvalue weighted by molar-refractivity contribution is 6.09. The topological polar surface area (TPSA) is 146 Å². The summed E-state index contributed by atoms with van der Waals surface area (Å²) in [4.78, 5) is 44.2. The van der Waals surface area contributed by atoms with E-state index in [2.05, 4.69) is 15.6 Å². The first-order valence-electron chi connectivity index (χ1n) is 11.8. The summed E-state index contributed by atoms with van der Waals surface area (Å²) < 4.78 is 0. The van der Waals surface area contributed by atoms with Gasteiger partial charge in [0, 0.05) is 42.6 Å². The van der Waals surface area contributed by atoms with Crippen LogP contribution in [0, 0.1) is 10.1 Å². The van der Waals surface area contributed by atoms with Crippen LogP contribution in [-0.4, -0.2) is 72.3 Å². The van der Waals surface area contributed by atoms with Crippen LogP contribution in [-0.2, 0) is 0 Å². The SMILES string of the molecule is CNC1=C(C(N)=NC(=O)c2ccc([N+](=O)[O-])cc2)CN(C(=O)N[C@H](CN(C)C)c2ccccc2)C1(C)C. The predicted octanol–water partition coefficient (Wildman–Crippen LogP) is 2.67. The highest BCUT2D eigenvalue weighted by Crippen LogP contribution is 2.33. The minimum absolute atomic E-state index is 0.0241. The van der Waals surface area contributed by atoms with Crippen LogP contribution in [0.25, 0.3) is 0 Å². The number of urea groups is 1. The molecule has 0 radical (unpaired) electrons. The molecule has 0 unspecified atom stereocenters. The number of non-ortho nitro benzene ring substituents is 1. The molecule has 1 aliphatic rings. The lowest BCUT2D eigenvalue weighted by molar-refractivity contribution is -0.384. The zero-order valence-corrected chi connectivity index (χ0v) is 21.7. The molecule has 1 atom stereocenters. The molecule has 0 saturated heterocycles. The molecular weight excluding hydrogens is 474 g/mol. The van der Waals surface area contributed by atoms with Crippen molar-refractivity contribution in [3.8, 4) is 0 Å². The van der Waals surface area contributed by atoms with Gasteiger partial charge in [-0.3, -0.25) is 14.9 Å². The molecule has 11 heteroatoms. The van der Waals surface area contributed by atoms with Crippen molar-refractivity contribution in [1.29, 1.82) is 0 Å². The molecule has 0 saturated carbocycles. The summed E-state index contributed by atoms with van der Waals surface area (Å²) in [6.07, 6.45) is 0. The van der Waals surface area contributed by atoms with Crippen molar-refractivity contribution in [2.24, 2.45) is 10.7 Å². The van der Waals surface area contributed by atoms with Crippen molar-refractivity contribution in [3.05, 3.63) is 87.1 Å². The number of rotatable bonds is 8. The van der Waals surface area contributed by atoms with Gasteiger partial charge >= 0.3 is 6.03 Å². The summed E-state index contributed by atoms with van der Waals surface area (Å²) in [5.41, 5.74) is 7.73. The van der Waals surface area contributed by atoms with E-state index in [1.807, 2.05) is 63.2 Å². The van der Waals surface area contributed by atoms with E-state index < -0.39 is 16.4 Å². The van der Waals surface area contributed by atoms with Crippen molar-refractivity contribution in [2.45, 2.75) is 25.4 Å². The van der Waals surface area contributed by atoms with E-state index in [9.17, 15) is 19.7 Å². The van der Waals surface area contributed by atoms with Crippen LogP contribution in [0.15, 0.2) is 70.9 Å². The number of nitrogens with zero attached hydrogens (tertiary/aromatic N) is 4. The first-order chi connectivity index (χ1) is 17.4. The number of hydrogen-bond acceptors (Lipinski definition) is 6. The quantitative estimate of drug-likeness (QED) is 0.215. The Labute approximate surface area is 216 Å². The van der Waals surface area contributed by atoms with Crippen molar-refractivity contribution in [1.82, 2.24) is 20.4 Å². The summed E-state index contributed by atoms with van der Waals surface area (Å²) in [5.74, 6) is -0.657. The Bertz CT molecular complexity index is 1220. The van der Waals surface area contributed by atoms with Gasteiger partial charge in [-0.25, -0.2) is 4.79 Å². The maximum absolute atomic E-state index is 13.5. The molecule has 0 spiro atoms. The molecule has 0 bridgehead atoms. The van der Waals surface area contributed by atoms with E-state index in [1.165, 1.54) is 24.3 Å². The molecule has 196 valence electrons. The largest absolute Gasteiger partial charge is 0.389 e. The minimum atomic E-state index is -0.760. The number of hydrogen-bond donors (Lipinski definition) is 3. The van der Waals surface area contributed by atoms with Crippen LogP contribution in [0.4, 0.5) is 10.5 Å². The molecule has 2 aromatic carbocycles. The van der Waals surface area contributed by atoms with Crippen molar-refractivity contribution < 1.29 is 14.5 Å². The average Bonchev–Trinajstić information content (AvgIpc) is 3.13. The van der Waals surface area contributed by atoms with Gasteiger partial charge in [0.15, 0.2) is 0 Å². The van der Waals surface area contributed by atoms with Crippen LogP contribution >= 0.6 is 0 Å². The fourth-order valence-corrected chi connectivity index (χ4v) is 4.41. The number of amidine groups is 1. The number of nitrogens with one attached hydrogen (secondary N) is 2. The molecule has 37 heavy (non-hydrogen) atoms. The van der Waals surface area contributed by atoms with E-state index in [0.717, 1.165) is 5.56 Å². The molecule has 0 fully saturated rings. The first-order valence-corrected chi connectivity index (χ1v) is 11.8. The lowest BCUT2D eigenvalue weighted by Crippen LogP contribution is -2.52. The maximum Gasteiger partial charge on any atom is 0.318 e. The zero-order valence-electron chi connectivity index (χ0n) is 21.7. The van der Waals surface area contributed by atoms with Crippen LogP contribution < -0.4 is 16.4 Å². The molecule has 3 amide bonds. The lowest BCUT2D eigenvalue weighted by Gasteiger charge is -2.35. The van der Waals surface area contributed by atoms with E-state index in [-0.39, 0.29) is 35.7 Å². The third-order valence-corrected chi connectivity index (χ3v) is 6.30. The number of nitrogens with two attached hydrogens (primary N) is 1. The molecule has 0 aromatic heterocycles. The highest BCUT2D eigenvalue weighted by atomic mass is 16.6. The summed E-state index contributed by atoms with van der Waals surface area (Å²) in [6.45, 7) is 4.53. The van der Waals surface area contributed by atoms with Gasteiger partial charge in [-0.1, -0.05) is 30.3 Å². The van der Waals surface area contributed by atoms with Crippen LogP contribution in [0.3, 0.4) is 0 Å². The molecule has 1 aliphatic heterocycles. The Morgan fingerprint density at radius 3 is 2.32 bits per heavy atom. The third kappa shape index (κ3) is 6.12. The van der Waals surface area contributed by atoms with E-state index in [1.54, 1.807) is 11.9 Å². The van der Waals surface area contributed by atoms with E-state index in [4.69, 9.17) is 5.73 Å². The molecule has 2 aromatic rings. The van der Waals surface area contributed by atoms with Gasteiger partial charge in [0.2, 0.25) is 0 Å². The first kappa shape index (κ1) is 27.3. The predicted molar refractivity (Wildman–Crippen MR) is 142 cm³/mol. The number of nitro benzene ring substituents is 1. The molecular formula is C26H33N7O4. The molecule has 4 N–H and O–H groups in total. The number of carbonyl (C=O) groups excluding carboxylic acids is 2. The van der Waals surface area contributed by atoms with E-state index >= 15 is 0 Å². The van der Waals surface area contributed by atoms with E-state index in [0.29, 0.717) is 17.8 Å². The van der Waals surface area contributed by atoms with Gasteiger partial charge in [0.1, 0.15) is 5.84 Å². The summed E-state index contributed by atoms with van der Waals surface area (Å²) in [5, 5.41) is 17.1. The van der Waals surface area contributed by atoms with Gasteiger partial charge in [-0.15, -0.1) is 0 Å². The number of benzene rings is 2. The molecule has 11 nitrogen and oxygen atoms in total. The summed E-state index contributed by atoms with van der Waals surface area (Å²) in [7, 11) is 5.61. The molecule has 0 aliphatic carbocycles. The minimum Gasteiger partial charge on any atom is -0.389 e. The monoisotopic (exact) mass is 507 g/mol. The van der Waals surface area contributed by atoms with Crippen LogP contribution in [0.1, 0.15) is 35.8 Å². The van der Waals surface area contributed by atoms with Gasteiger partial charge in [0.05, 0.1) is 23.0 Å². The average molecular weight is 508 g/mol. The summed E-state index contributed by atoms with van der Waals surface area (Å²) >= 11 is 0. The number of likely N-dealkylation sites (N-methyl/N-ethyl adjacent to an activating group) is 2. The van der Waals surface area contributed by atoms with Gasteiger partial charge in [-0.05, 0) is 45.6 Å². The van der Waals surface area contributed by atoms with Crippen LogP contribution in [0.2, 0.25) is 0 Å². The Balaban J connectivity index is 1.84. The molecule has 1 heterocycles. The number of amides is 3. The number of nitro groups is 1. The second-order valence-electron chi connectivity index (χ2n) is 9.53. The maximum atomic E-state index is 13.5. The van der Waals surface area contributed by atoms with Gasteiger partial charge in [0.25, 0.3) is 11.6 Å². The Hall–Kier alpha value is -4.25. The fraction of sp³-hybridized carbons (Fsp3) is 0.346. The van der Waals surface area contributed by atoms with Crippen molar-refractivity contribution in [2.75, 3.05) is 34.2 Å². The van der Waals surface area contributed by atoms with Gasteiger partial charge in [-0.2, -0.15) is 4.99 Å². The lowest BCUT2D eigenvalue weighted by atomic mass is 9.99. The zero-order chi connectivity index (χ0) is 27.3. The smallest absolute Gasteiger partial charge is 0.318 e. The van der Waals surface area contributed by atoms with Crippen LogP contribution in [0.5, 0.6) is 0 Å². The van der Waals surface area contributed by atoms with Gasteiger partial charge < -0.3 is 26.2 Å². The fourth-order valence-electron chi connectivity index (χ4n) is 4.41. The Kier molecular flexibility index (Phi) is 8.28. The van der Waals surface area contributed by atoms with Crippen molar-refractivity contribution >= 4 is 23.5 Å². The second kappa shape index (κ2) is 11.2. The second-order valence-corrected chi connectivity index (χ2v) is 9.53. The number of aliphatic imine (C=N–C) groups is 1. The highest BCUT2D eigenvalue weighted by Gasteiger charge is 2.43. The Morgan fingerprint density at radius 2 is 1.78 bits per heavy atom. The Morgan fingerprint density at radius 1 is 1.16 bits per heavy atom. The standard InChI is InChI=1S/C26H33N7O4/c1-26(2)22(28-3)20(23(27)30-24(34)18-11-13-19(14-12-18)33(36)37)15-32(26)25(35)29-21(16-31(4)5)17-9-7-6-8-10-17/h6-14,21,28H,15-16H2,1-5H3,(H,29,35)(H2,27,30,34)/t21-/m1/s1. The number of carbonyl (C=O) groups is 2. The molecule has 3 rings (SSSR count). The summed E-state index contributed by atoms with van der Waals surface area (Å²) in [6, 6.07) is 14.4. The third-order valence-electron chi connectivity index (χ3n) is 6.30. The van der Waals surface area contributed by atoms with Crippen molar-refractivity contribution in [3.63, 3.8) is 0 Å².